The Balaban J connectivity index is 1.48. The Kier molecular flexibility index (Phi) is 6.32. The molecule has 200 valence electrons. The van der Waals surface area contributed by atoms with Gasteiger partial charge in [0.25, 0.3) is 0 Å². The minimum atomic E-state index is 0.851. The van der Waals surface area contributed by atoms with Gasteiger partial charge in [-0.25, -0.2) is 0 Å². The molecule has 0 N–H and O–H groups in total. The molecular formula is C39H34N2. The van der Waals surface area contributed by atoms with Gasteiger partial charge in [-0.3, -0.25) is 0 Å². The van der Waals surface area contributed by atoms with E-state index in [1.165, 1.54) is 72.1 Å². The molecule has 0 spiro atoms. The van der Waals surface area contributed by atoms with E-state index in [4.69, 9.17) is 0 Å². The summed E-state index contributed by atoms with van der Waals surface area (Å²) in [5, 5.41) is 2.61. The highest BCUT2D eigenvalue weighted by atomic mass is 15.0. The van der Waals surface area contributed by atoms with E-state index in [2.05, 4.69) is 157 Å². The number of rotatable bonds is 6. The van der Waals surface area contributed by atoms with Crippen molar-refractivity contribution in [3.05, 3.63) is 155 Å². The van der Waals surface area contributed by atoms with E-state index in [-0.39, 0.29) is 0 Å². The Morgan fingerprint density at radius 1 is 0.415 bits per heavy atom. The van der Waals surface area contributed by atoms with Crippen LogP contribution in [0.5, 0.6) is 0 Å². The second kappa shape index (κ2) is 10.3. The Morgan fingerprint density at radius 2 is 0.878 bits per heavy atom. The smallest absolute Gasteiger partial charge is 0.0492 e. The van der Waals surface area contributed by atoms with Crippen molar-refractivity contribution in [1.29, 1.82) is 0 Å². The van der Waals surface area contributed by atoms with Crippen LogP contribution >= 0.6 is 0 Å². The first-order chi connectivity index (χ1) is 20.1. The molecule has 7 rings (SSSR count). The van der Waals surface area contributed by atoms with E-state index in [9.17, 15) is 0 Å². The van der Waals surface area contributed by atoms with Crippen LogP contribution in [0.2, 0.25) is 0 Å². The van der Waals surface area contributed by atoms with Gasteiger partial charge in [0.2, 0.25) is 0 Å². The van der Waals surface area contributed by atoms with Gasteiger partial charge >= 0.3 is 0 Å². The first-order valence-corrected chi connectivity index (χ1v) is 14.5. The summed E-state index contributed by atoms with van der Waals surface area (Å²) in [7, 11) is 0. The first kappa shape index (κ1) is 25.2. The summed E-state index contributed by atoms with van der Waals surface area (Å²) in [6, 6.07) is 46.2. The maximum absolute atomic E-state index is 2.49. The van der Waals surface area contributed by atoms with Crippen LogP contribution in [0.4, 0.5) is 0 Å². The van der Waals surface area contributed by atoms with Gasteiger partial charge in [0.1, 0.15) is 0 Å². The van der Waals surface area contributed by atoms with E-state index in [1.807, 2.05) is 0 Å². The van der Waals surface area contributed by atoms with Crippen molar-refractivity contribution in [2.45, 2.75) is 33.9 Å². The van der Waals surface area contributed by atoms with Gasteiger partial charge in [-0.05, 0) is 60.7 Å². The lowest BCUT2D eigenvalue weighted by molar-refractivity contribution is 0.805. The van der Waals surface area contributed by atoms with Crippen molar-refractivity contribution in [3.63, 3.8) is 0 Å². The summed E-state index contributed by atoms with van der Waals surface area (Å²) in [6.07, 6.45) is 0. The van der Waals surface area contributed by atoms with Gasteiger partial charge in [0, 0.05) is 57.4 Å². The Labute approximate surface area is 242 Å². The molecule has 0 fully saturated rings. The molecule has 0 aliphatic heterocycles. The van der Waals surface area contributed by atoms with Crippen LogP contribution in [-0.2, 0) is 13.1 Å². The molecule has 0 amide bonds. The average molecular weight is 531 g/mol. The highest BCUT2D eigenvalue weighted by Crippen LogP contribution is 2.45. The standard InChI is InChI=1S/C39H34N2/c1-27-15-14-22-34(38-28(2)40(25-30-16-6-4-7-17-30)35-23-12-10-20-32(35)38)37(27)39-29(3)41(26-31-18-8-5-9-19-31)36-24-13-11-21-33(36)39/h4-24H,25-26H2,1-3H3. The topological polar surface area (TPSA) is 9.86 Å². The number of benzene rings is 5. The second-order valence-corrected chi connectivity index (χ2v) is 11.1. The number of aromatic nitrogens is 2. The second-order valence-electron chi connectivity index (χ2n) is 11.1. The van der Waals surface area contributed by atoms with Crippen LogP contribution in [0.25, 0.3) is 44.1 Å². The van der Waals surface area contributed by atoms with Crippen molar-refractivity contribution < 1.29 is 0 Å². The summed E-state index contributed by atoms with van der Waals surface area (Å²) in [6.45, 7) is 8.55. The number of fused-ring (bicyclic) bond motifs is 2. The maximum Gasteiger partial charge on any atom is 0.0492 e. The monoisotopic (exact) mass is 530 g/mol. The molecule has 0 aliphatic carbocycles. The summed E-state index contributed by atoms with van der Waals surface area (Å²) in [5.41, 5.74) is 14.4. The number of nitrogens with zero attached hydrogens (tertiary/aromatic N) is 2. The van der Waals surface area contributed by atoms with Gasteiger partial charge in [0.05, 0.1) is 0 Å². The zero-order chi connectivity index (χ0) is 27.9. The zero-order valence-corrected chi connectivity index (χ0v) is 23.9. The largest absolute Gasteiger partial charge is 0.340 e. The number of hydrogen-bond donors (Lipinski definition) is 0. The third-order valence-corrected chi connectivity index (χ3v) is 8.62. The minimum Gasteiger partial charge on any atom is -0.340 e. The summed E-state index contributed by atoms with van der Waals surface area (Å²) >= 11 is 0. The molecule has 5 aromatic carbocycles. The predicted molar refractivity (Wildman–Crippen MR) is 174 cm³/mol. The molecule has 2 heteroatoms. The lowest BCUT2D eigenvalue weighted by atomic mass is 9.88. The molecule has 2 nitrogen and oxygen atoms in total. The lowest BCUT2D eigenvalue weighted by Gasteiger charge is -2.16. The van der Waals surface area contributed by atoms with E-state index < -0.39 is 0 Å². The zero-order valence-electron chi connectivity index (χ0n) is 23.9. The fourth-order valence-electron chi connectivity index (χ4n) is 6.66. The van der Waals surface area contributed by atoms with Crippen LogP contribution in [-0.4, -0.2) is 9.13 Å². The van der Waals surface area contributed by atoms with Crippen LogP contribution in [0.1, 0.15) is 28.1 Å². The molecule has 0 bridgehead atoms. The predicted octanol–water partition coefficient (Wildman–Crippen LogP) is 9.95. The molecule has 0 atom stereocenters. The van der Waals surface area contributed by atoms with Crippen molar-refractivity contribution in [2.75, 3.05) is 0 Å². The number of hydrogen-bond acceptors (Lipinski definition) is 0. The van der Waals surface area contributed by atoms with Gasteiger partial charge < -0.3 is 9.13 Å². The molecule has 0 aliphatic rings. The molecule has 0 radical (unpaired) electrons. The highest BCUT2D eigenvalue weighted by molar-refractivity contribution is 6.07. The third-order valence-electron chi connectivity index (χ3n) is 8.62. The van der Waals surface area contributed by atoms with E-state index in [0.29, 0.717) is 0 Å². The summed E-state index contributed by atoms with van der Waals surface area (Å²) in [4.78, 5) is 0. The van der Waals surface area contributed by atoms with Gasteiger partial charge in [-0.2, -0.15) is 0 Å². The van der Waals surface area contributed by atoms with E-state index in [1.54, 1.807) is 0 Å². The molecular weight excluding hydrogens is 496 g/mol. The lowest BCUT2D eigenvalue weighted by Crippen LogP contribution is -2.02. The van der Waals surface area contributed by atoms with Gasteiger partial charge in [-0.15, -0.1) is 0 Å². The maximum atomic E-state index is 2.49. The van der Waals surface area contributed by atoms with E-state index >= 15 is 0 Å². The SMILES string of the molecule is Cc1cccc(-c2c(C)n(Cc3ccccc3)c3ccccc23)c1-c1c(C)n(Cc2ccccc2)c2ccccc12. The number of para-hydroxylation sites is 2. The average Bonchev–Trinajstić information content (AvgIpc) is 3.44. The van der Waals surface area contributed by atoms with Gasteiger partial charge in [-0.1, -0.05) is 115 Å². The minimum absolute atomic E-state index is 0.851. The Morgan fingerprint density at radius 3 is 1.44 bits per heavy atom. The molecule has 2 heterocycles. The van der Waals surface area contributed by atoms with Crippen molar-refractivity contribution in [1.82, 2.24) is 9.13 Å². The molecule has 0 unspecified atom stereocenters. The summed E-state index contributed by atoms with van der Waals surface area (Å²) in [5.74, 6) is 0. The van der Waals surface area contributed by atoms with Crippen LogP contribution in [0.3, 0.4) is 0 Å². The van der Waals surface area contributed by atoms with Crippen LogP contribution in [0.15, 0.2) is 127 Å². The van der Waals surface area contributed by atoms with Crippen molar-refractivity contribution in [3.8, 4) is 22.3 Å². The third kappa shape index (κ3) is 4.28. The van der Waals surface area contributed by atoms with Gasteiger partial charge in [0.15, 0.2) is 0 Å². The molecule has 0 saturated carbocycles. The fourth-order valence-corrected chi connectivity index (χ4v) is 6.66. The van der Waals surface area contributed by atoms with Crippen LogP contribution in [0, 0.1) is 20.8 Å². The quantitative estimate of drug-likeness (QED) is 0.202. The highest BCUT2D eigenvalue weighted by Gasteiger charge is 2.24. The first-order valence-electron chi connectivity index (χ1n) is 14.5. The molecule has 2 aromatic heterocycles. The van der Waals surface area contributed by atoms with Crippen molar-refractivity contribution >= 4 is 21.8 Å². The van der Waals surface area contributed by atoms with Crippen molar-refractivity contribution in [2.24, 2.45) is 0 Å². The normalized spacial score (nSPS) is 11.5. The fraction of sp³-hybridized carbons (Fsp3) is 0.128. The van der Waals surface area contributed by atoms with E-state index in [0.717, 1.165) is 13.1 Å². The summed E-state index contributed by atoms with van der Waals surface area (Å²) < 4.78 is 4.97. The van der Waals surface area contributed by atoms with Crippen LogP contribution < -0.4 is 0 Å². The Hall–Kier alpha value is -4.82. The number of aryl methyl sites for hydroxylation is 1. The molecule has 7 aromatic rings. The Bertz CT molecular complexity index is 2010. The molecule has 41 heavy (non-hydrogen) atoms. The molecule has 0 saturated heterocycles.